The van der Waals surface area contributed by atoms with Crippen LogP contribution in [0.2, 0.25) is 5.15 Å². The van der Waals surface area contributed by atoms with Crippen molar-refractivity contribution >= 4 is 45.7 Å². The van der Waals surface area contributed by atoms with Crippen LogP contribution in [-0.2, 0) is 21.1 Å². The van der Waals surface area contributed by atoms with Crippen LogP contribution in [0.4, 0.5) is 29.9 Å². The highest BCUT2D eigenvalue weighted by atomic mass is 35.5. The van der Waals surface area contributed by atoms with Gasteiger partial charge in [-0.3, -0.25) is 4.79 Å². The molecule has 0 aliphatic carbocycles. The van der Waals surface area contributed by atoms with Crippen LogP contribution in [0.5, 0.6) is 0 Å². The number of alkyl halides is 3. The van der Waals surface area contributed by atoms with Crippen molar-refractivity contribution in [1.82, 2.24) is 15.0 Å². The number of halogens is 4. The summed E-state index contributed by atoms with van der Waals surface area (Å²) in [7, 11) is 0. The van der Waals surface area contributed by atoms with Gasteiger partial charge in [-0.15, -0.1) is 0 Å². The molecule has 146 valence electrons. The minimum Gasteiger partial charge on any atom is -0.465 e. The summed E-state index contributed by atoms with van der Waals surface area (Å²) >= 11 is 7.23. The molecule has 0 spiro atoms. The molecule has 1 aliphatic rings. The smallest absolute Gasteiger partial charge is 0.421 e. The number of thiazole rings is 1. The van der Waals surface area contributed by atoms with E-state index in [1.54, 1.807) is 13.8 Å². The Morgan fingerprint density at radius 2 is 2.15 bits per heavy atom. The number of nitrogens with zero attached hydrogens (tertiary/aromatic N) is 3. The standard InChI is InChI=1S/C15H15ClF3N5O2S/c1-3-20-9-7(15(17,18)19)6-21-13(23-9)24-10-8(16)22-11(27-10)14(2)4-5-26-12(14)25/h6H,3-5H2,1-2H3,(H2,20,21,23,24). The summed E-state index contributed by atoms with van der Waals surface area (Å²) in [5.74, 6) is -0.801. The average Bonchev–Trinajstić information content (AvgIpc) is 3.11. The minimum absolute atomic E-state index is 0.0735. The van der Waals surface area contributed by atoms with E-state index >= 15 is 0 Å². The van der Waals surface area contributed by atoms with E-state index in [0.29, 0.717) is 29.2 Å². The Morgan fingerprint density at radius 1 is 1.41 bits per heavy atom. The van der Waals surface area contributed by atoms with Gasteiger partial charge in [0.1, 0.15) is 26.8 Å². The van der Waals surface area contributed by atoms with Gasteiger partial charge in [0.25, 0.3) is 0 Å². The maximum absolute atomic E-state index is 13.0. The van der Waals surface area contributed by atoms with Crippen molar-refractivity contribution < 1.29 is 22.7 Å². The normalized spacial score (nSPS) is 19.9. The van der Waals surface area contributed by atoms with Crippen molar-refractivity contribution in [3.8, 4) is 0 Å². The molecule has 1 fully saturated rings. The average molecular weight is 422 g/mol. The Balaban J connectivity index is 1.90. The summed E-state index contributed by atoms with van der Waals surface area (Å²) in [6, 6.07) is 0. The van der Waals surface area contributed by atoms with E-state index in [-0.39, 0.29) is 29.4 Å². The molecule has 1 saturated heterocycles. The molecule has 0 radical (unpaired) electrons. The van der Waals surface area contributed by atoms with Crippen molar-refractivity contribution in [2.75, 3.05) is 23.8 Å². The summed E-state index contributed by atoms with van der Waals surface area (Å²) in [5.41, 5.74) is -1.86. The molecule has 7 nitrogen and oxygen atoms in total. The molecule has 27 heavy (non-hydrogen) atoms. The van der Waals surface area contributed by atoms with Gasteiger partial charge >= 0.3 is 12.1 Å². The summed E-state index contributed by atoms with van der Waals surface area (Å²) in [4.78, 5) is 23.8. The SMILES string of the molecule is CCNc1nc(Nc2sc(C3(C)CCOC3=O)nc2Cl)ncc1C(F)(F)F. The quantitative estimate of drug-likeness (QED) is 0.705. The van der Waals surface area contributed by atoms with Crippen LogP contribution >= 0.6 is 22.9 Å². The number of anilines is 3. The zero-order valence-corrected chi connectivity index (χ0v) is 15.8. The number of rotatable bonds is 5. The summed E-state index contributed by atoms with van der Waals surface area (Å²) in [5, 5.41) is 6.19. The minimum atomic E-state index is -4.58. The molecule has 0 aromatic carbocycles. The van der Waals surface area contributed by atoms with E-state index in [1.807, 2.05) is 0 Å². The number of cyclic esters (lactones) is 1. The molecule has 1 unspecified atom stereocenters. The first kappa shape index (κ1) is 19.6. The number of esters is 1. The largest absolute Gasteiger partial charge is 0.465 e. The number of nitrogens with one attached hydrogen (secondary N) is 2. The summed E-state index contributed by atoms with van der Waals surface area (Å²) < 4.78 is 44.1. The zero-order valence-electron chi connectivity index (χ0n) is 14.3. The monoisotopic (exact) mass is 421 g/mol. The van der Waals surface area contributed by atoms with E-state index in [9.17, 15) is 18.0 Å². The maximum atomic E-state index is 13.0. The van der Waals surface area contributed by atoms with Crippen molar-refractivity contribution in [3.05, 3.63) is 21.9 Å². The fraction of sp³-hybridized carbons (Fsp3) is 0.467. The topological polar surface area (TPSA) is 89.0 Å². The molecule has 0 saturated carbocycles. The van der Waals surface area contributed by atoms with Crippen LogP contribution in [0.15, 0.2) is 6.20 Å². The second kappa shape index (κ2) is 7.12. The third-order valence-electron chi connectivity index (χ3n) is 4.01. The third kappa shape index (κ3) is 3.79. The number of carbonyl (C=O) groups is 1. The fourth-order valence-corrected chi connectivity index (χ4v) is 3.78. The van der Waals surface area contributed by atoms with Crippen LogP contribution in [0.25, 0.3) is 0 Å². The number of hydrogen-bond acceptors (Lipinski definition) is 8. The van der Waals surface area contributed by atoms with Gasteiger partial charge in [0, 0.05) is 19.2 Å². The molecule has 2 aromatic rings. The van der Waals surface area contributed by atoms with E-state index in [1.165, 1.54) is 0 Å². The Labute approximate surface area is 161 Å². The number of carbonyl (C=O) groups excluding carboxylic acids is 1. The highest BCUT2D eigenvalue weighted by Gasteiger charge is 2.44. The molecule has 0 bridgehead atoms. The van der Waals surface area contributed by atoms with Crippen molar-refractivity contribution in [3.63, 3.8) is 0 Å². The van der Waals surface area contributed by atoms with Gasteiger partial charge < -0.3 is 15.4 Å². The lowest BCUT2D eigenvalue weighted by Crippen LogP contribution is -2.27. The first-order valence-electron chi connectivity index (χ1n) is 7.94. The number of ether oxygens (including phenoxy) is 1. The van der Waals surface area contributed by atoms with Gasteiger partial charge in [-0.1, -0.05) is 22.9 Å². The fourth-order valence-electron chi connectivity index (χ4n) is 2.47. The molecular formula is C15H15ClF3N5O2S. The predicted molar refractivity (Wildman–Crippen MR) is 94.5 cm³/mol. The van der Waals surface area contributed by atoms with Crippen molar-refractivity contribution in [2.24, 2.45) is 0 Å². The highest BCUT2D eigenvalue weighted by Crippen LogP contribution is 2.42. The molecule has 0 amide bonds. The lowest BCUT2D eigenvalue weighted by atomic mass is 9.90. The van der Waals surface area contributed by atoms with Crippen LogP contribution < -0.4 is 10.6 Å². The third-order valence-corrected chi connectivity index (χ3v) is 5.63. The Bertz CT molecular complexity index is 876. The molecule has 2 aromatic heterocycles. The highest BCUT2D eigenvalue weighted by molar-refractivity contribution is 7.16. The molecule has 1 aliphatic heterocycles. The Morgan fingerprint density at radius 3 is 2.74 bits per heavy atom. The number of aromatic nitrogens is 3. The van der Waals surface area contributed by atoms with Crippen molar-refractivity contribution in [1.29, 1.82) is 0 Å². The van der Waals surface area contributed by atoms with Crippen LogP contribution in [0.3, 0.4) is 0 Å². The Hall–Kier alpha value is -2.14. The molecule has 12 heteroatoms. The first-order valence-corrected chi connectivity index (χ1v) is 9.13. The molecule has 2 N–H and O–H groups in total. The number of hydrogen-bond donors (Lipinski definition) is 2. The van der Waals surface area contributed by atoms with Crippen LogP contribution in [0, 0.1) is 0 Å². The van der Waals surface area contributed by atoms with Gasteiger partial charge in [-0.25, -0.2) is 9.97 Å². The molecular weight excluding hydrogens is 407 g/mol. The van der Waals surface area contributed by atoms with E-state index in [2.05, 4.69) is 25.6 Å². The van der Waals surface area contributed by atoms with Gasteiger partial charge in [-0.2, -0.15) is 18.2 Å². The van der Waals surface area contributed by atoms with E-state index in [4.69, 9.17) is 16.3 Å². The second-order valence-corrected chi connectivity index (χ2v) is 7.32. The molecule has 3 heterocycles. The lowest BCUT2D eigenvalue weighted by Gasteiger charge is -2.14. The predicted octanol–water partition coefficient (Wildman–Crippen LogP) is 3.99. The van der Waals surface area contributed by atoms with Gasteiger partial charge in [0.15, 0.2) is 5.15 Å². The molecule has 1 atom stereocenters. The summed E-state index contributed by atoms with van der Waals surface area (Å²) in [6.07, 6.45) is -3.42. The Kier molecular flexibility index (Phi) is 5.17. The summed E-state index contributed by atoms with van der Waals surface area (Å²) in [6.45, 7) is 3.91. The van der Waals surface area contributed by atoms with Gasteiger partial charge in [0.05, 0.1) is 6.61 Å². The van der Waals surface area contributed by atoms with E-state index in [0.717, 1.165) is 11.3 Å². The van der Waals surface area contributed by atoms with Gasteiger partial charge in [0.2, 0.25) is 5.95 Å². The van der Waals surface area contributed by atoms with Crippen molar-refractivity contribution in [2.45, 2.75) is 31.9 Å². The lowest BCUT2D eigenvalue weighted by molar-refractivity contribution is -0.142. The van der Waals surface area contributed by atoms with Crippen LogP contribution in [0.1, 0.15) is 30.8 Å². The van der Waals surface area contributed by atoms with E-state index < -0.39 is 17.2 Å². The second-order valence-electron chi connectivity index (χ2n) is 5.97. The zero-order chi connectivity index (χ0) is 19.8. The van der Waals surface area contributed by atoms with Gasteiger partial charge in [-0.05, 0) is 13.8 Å². The maximum Gasteiger partial charge on any atom is 0.421 e. The molecule has 3 rings (SSSR count). The first-order chi connectivity index (χ1) is 12.6. The van der Waals surface area contributed by atoms with Crippen LogP contribution in [-0.4, -0.2) is 34.1 Å².